The molecule has 3 aromatic rings. The van der Waals surface area contributed by atoms with Gasteiger partial charge in [0.2, 0.25) is 0 Å². The number of ether oxygens (including phenoxy) is 1. The second-order valence-corrected chi connectivity index (χ2v) is 7.66. The van der Waals surface area contributed by atoms with Crippen molar-refractivity contribution >= 4 is 41.2 Å². The zero-order chi connectivity index (χ0) is 23.2. The maximum Gasteiger partial charge on any atom is 0.329 e. The summed E-state index contributed by atoms with van der Waals surface area (Å²) in [6.45, 7) is -0.0283. The number of carbonyl (C=O) groups excluding carboxylic acids is 3. The van der Waals surface area contributed by atoms with Crippen molar-refractivity contribution in [1.82, 2.24) is 10.2 Å². The van der Waals surface area contributed by atoms with Gasteiger partial charge in [-0.1, -0.05) is 66.2 Å². The predicted octanol–water partition coefficient (Wildman–Crippen LogP) is 4.45. The molecule has 0 radical (unpaired) electrons. The molecular weight excluding hydrogens is 442 g/mol. The fourth-order valence-electron chi connectivity index (χ4n) is 3.23. The summed E-state index contributed by atoms with van der Waals surface area (Å²) in [5, 5.41) is 5.59. The van der Waals surface area contributed by atoms with Crippen molar-refractivity contribution in [2.75, 3.05) is 11.9 Å². The first-order valence-corrected chi connectivity index (χ1v) is 10.5. The van der Waals surface area contributed by atoms with Gasteiger partial charge in [0, 0.05) is 5.69 Å². The summed E-state index contributed by atoms with van der Waals surface area (Å²) in [5.74, 6) is -0.409. The van der Waals surface area contributed by atoms with E-state index in [0.717, 1.165) is 10.5 Å². The lowest BCUT2D eigenvalue weighted by Crippen LogP contribution is -2.30. The molecule has 1 saturated heterocycles. The van der Waals surface area contributed by atoms with Crippen molar-refractivity contribution < 1.29 is 19.1 Å². The van der Waals surface area contributed by atoms with Crippen molar-refractivity contribution in [2.45, 2.75) is 6.54 Å². The Balaban J connectivity index is 1.39. The molecule has 0 aliphatic carbocycles. The second kappa shape index (κ2) is 10.0. The van der Waals surface area contributed by atoms with Crippen LogP contribution in [-0.2, 0) is 16.1 Å². The van der Waals surface area contributed by atoms with Gasteiger partial charge >= 0.3 is 6.03 Å². The normalized spacial score (nSPS) is 14.3. The molecule has 0 saturated carbocycles. The fourth-order valence-corrected chi connectivity index (χ4v) is 3.48. The Labute approximate surface area is 195 Å². The van der Waals surface area contributed by atoms with Crippen molar-refractivity contribution in [1.29, 1.82) is 0 Å². The number of nitrogens with zero attached hydrogens (tertiary/aromatic N) is 1. The fraction of sp³-hybridized carbons (Fsp3) is 0.0800. The molecule has 0 aromatic heterocycles. The number of imide groups is 1. The van der Waals surface area contributed by atoms with E-state index in [1.54, 1.807) is 36.4 Å². The van der Waals surface area contributed by atoms with Gasteiger partial charge in [0.1, 0.15) is 11.4 Å². The first-order valence-electron chi connectivity index (χ1n) is 10.2. The minimum Gasteiger partial charge on any atom is -0.482 e. The molecule has 0 bridgehead atoms. The third-order valence-corrected chi connectivity index (χ3v) is 5.12. The zero-order valence-electron chi connectivity index (χ0n) is 17.5. The molecule has 2 N–H and O–H groups in total. The zero-order valence-corrected chi connectivity index (χ0v) is 18.2. The smallest absolute Gasteiger partial charge is 0.329 e. The van der Waals surface area contributed by atoms with Crippen LogP contribution in [0.4, 0.5) is 10.5 Å². The number of urea groups is 1. The lowest BCUT2D eigenvalue weighted by atomic mass is 10.1. The van der Waals surface area contributed by atoms with Gasteiger partial charge in [-0.25, -0.2) is 4.79 Å². The Morgan fingerprint density at radius 1 is 1.00 bits per heavy atom. The molecule has 7 nitrogen and oxygen atoms in total. The van der Waals surface area contributed by atoms with Crippen molar-refractivity contribution in [3.05, 3.63) is 101 Å². The number of halogens is 1. The number of rotatable bonds is 7. The maximum atomic E-state index is 12.7. The largest absolute Gasteiger partial charge is 0.482 e. The molecule has 33 heavy (non-hydrogen) atoms. The number of para-hydroxylation sites is 1. The Morgan fingerprint density at radius 2 is 1.70 bits per heavy atom. The van der Waals surface area contributed by atoms with Gasteiger partial charge in [-0.3, -0.25) is 14.5 Å². The van der Waals surface area contributed by atoms with E-state index in [0.29, 0.717) is 17.0 Å². The number of amides is 4. The van der Waals surface area contributed by atoms with Crippen LogP contribution in [0.1, 0.15) is 11.1 Å². The average Bonchev–Trinajstić information content (AvgIpc) is 3.07. The van der Waals surface area contributed by atoms with Crippen molar-refractivity contribution in [3.63, 3.8) is 0 Å². The van der Waals surface area contributed by atoms with Crippen LogP contribution in [0.5, 0.6) is 5.75 Å². The standard InChI is InChI=1S/C25H20ClN3O4/c26-20-13-18(11-12-22(20)33-16-23(30)27-19-9-5-2-6-10-19)14-21-24(31)29(25(32)28-21)15-17-7-3-1-4-8-17/h1-14H,15-16H2,(H,27,30)(H,28,32)/b21-14+. The third kappa shape index (κ3) is 5.58. The highest BCUT2D eigenvalue weighted by atomic mass is 35.5. The quantitative estimate of drug-likeness (QED) is 0.402. The molecule has 0 spiro atoms. The summed E-state index contributed by atoms with van der Waals surface area (Å²) in [7, 11) is 0. The summed E-state index contributed by atoms with van der Waals surface area (Å²) >= 11 is 6.29. The SMILES string of the molecule is O=C(COc1ccc(/C=C2/NC(=O)N(Cc3ccccc3)C2=O)cc1Cl)Nc1ccccc1. The average molecular weight is 462 g/mol. The number of hydrogen-bond donors (Lipinski definition) is 2. The number of nitrogens with one attached hydrogen (secondary N) is 2. The Hall–Kier alpha value is -4.10. The Kier molecular flexibility index (Phi) is 6.71. The molecule has 1 aliphatic heterocycles. The molecule has 0 unspecified atom stereocenters. The Bertz CT molecular complexity index is 1210. The lowest BCUT2D eigenvalue weighted by molar-refractivity contribution is -0.123. The lowest BCUT2D eigenvalue weighted by Gasteiger charge is -2.11. The Morgan fingerprint density at radius 3 is 2.39 bits per heavy atom. The molecule has 1 aliphatic rings. The highest BCUT2D eigenvalue weighted by Gasteiger charge is 2.33. The van der Waals surface area contributed by atoms with E-state index in [4.69, 9.17) is 16.3 Å². The van der Waals surface area contributed by atoms with E-state index in [9.17, 15) is 14.4 Å². The van der Waals surface area contributed by atoms with Crippen LogP contribution >= 0.6 is 11.6 Å². The summed E-state index contributed by atoms with van der Waals surface area (Å²) in [4.78, 5) is 38.1. The van der Waals surface area contributed by atoms with Gasteiger partial charge in [0.05, 0.1) is 11.6 Å². The summed E-state index contributed by atoms with van der Waals surface area (Å²) in [6.07, 6.45) is 1.54. The topological polar surface area (TPSA) is 87.7 Å². The number of anilines is 1. The predicted molar refractivity (Wildman–Crippen MR) is 126 cm³/mol. The summed E-state index contributed by atoms with van der Waals surface area (Å²) in [5.41, 5.74) is 2.28. The highest BCUT2D eigenvalue weighted by molar-refractivity contribution is 6.32. The molecule has 4 rings (SSSR count). The van der Waals surface area contributed by atoms with E-state index in [-0.39, 0.29) is 29.8 Å². The molecule has 166 valence electrons. The maximum absolute atomic E-state index is 12.7. The van der Waals surface area contributed by atoms with Crippen molar-refractivity contribution in [2.24, 2.45) is 0 Å². The van der Waals surface area contributed by atoms with Crippen LogP contribution < -0.4 is 15.4 Å². The third-order valence-electron chi connectivity index (χ3n) is 4.83. The molecule has 8 heteroatoms. The number of hydrogen-bond acceptors (Lipinski definition) is 4. The molecule has 1 fully saturated rings. The van der Waals surface area contributed by atoms with Gasteiger partial charge in [-0.2, -0.15) is 0 Å². The molecule has 0 atom stereocenters. The molecule has 3 aromatic carbocycles. The first-order chi connectivity index (χ1) is 16.0. The van der Waals surface area contributed by atoms with Crippen molar-refractivity contribution in [3.8, 4) is 5.75 Å². The van der Waals surface area contributed by atoms with Crippen LogP contribution in [0, 0.1) is 0 Å². The van der Waals surface area contributed by atoms with Crippen LogP contribution in [0.15, 0.2) is 84.6 Å². The van der Waals surface area contributed by atoms with Crippen LogP contribution in [-0.4, -0.2) is 29.4 Å². The van der Waals surface area contributed by atoms with Crippen LogP contribution in [0.2, 0.25) is 5.02 Å². The minimum atomic E-state index is -0.481. The minimum absolute atomic E-state index is 0.155. The summed E-state index contributed by atoms with van der Waals surface area (Å²) < 4.78 is 5.51. The van der Waals surface area contributed by atoms with E-state index in [2.05, 4.69) is 10.6 Å². The van der Waals surface area contributed by atoms with E-state index < -0.39 is 11.9 Å². The number of benzene rings is 3. The number of carbonyl (C=O) groups is 3. The van der Waals surface area contributed by atoms with Gasteiger partial charge in [-0.15, -0.1) is 0 Å². The molecular formula is C25H20ClN3O4. The van der Waals surface area contributed by atoms with E-state index in [1.807, 2.05) is 48.5 Å². The summed E-state index contributed by atoms with van der Waals surface area (Å²) in [6, 6.07) is 22.7. The van der Waals surface area contributed by atoms with Gasteiger partial charge in [0.15, 0.2) is 6.61 Å². The van der Waals surface area contributed by atoms with Gasteiger partial charge in [-0.05, 0) is 41.5 Å². The first kappa shape index (κ1) is 22.1. The van der Waals surface area contributed by atoms with Crippen LogP contribution in [0.3, 0.4) is 0 Å². The molecule has 1 heterocycles. The van der Waals surface area contributed by atoms with Crippen LogP contribution in [0.25, 0.3) is 6.08 Å². The van der Waals surface area contributed by atoms with Gasteiger partial charge in [0.25, 0.3) is 11.8 Å². The van der Waals surface area contributed by atoms with Gasteiger partial charge < -0.3 is 15.4 Å². The molecule has 4 amide bonds. The highest BCUT2D eigenvalue weighted by Crippen LogP contribution is 2.27. The van der Waals surface area contributed by atoms with E-state index >= 15 is 0 Å². The van der Waals surface area contributed by atoms with E-state index in [1.165, 1.54) is 0 Å². The monoisotopic (exact) mass is 461 g/mol. The second-order valence-electron chi connectivity index (χ2n) is 7.26.